The van der Waals surface area contributed by atoms with Crippen LogP contribution in [0.3, 0.4) is 0 Å². The third kappa shape index (κ3) is 3.66. The Bertz CT molecular complexity index is 1330. The lowest BCUT2D eigenvalue weighted by atomic mass is 10.1. The standard InChI is InChI=1S/C21H18F2N6O3/c22-15-17(25)14-19(29(11-2-3-11)9-12(20(14)30)21(31)32)16(23)18(15)27-6-5-26-13-4-1-10(7-24)8-28-13/h1,4,8-9,11,27H,2-3,5-6,25H2,(H,26,28)(H,31,32). The van der Waals surface area contributed by atoms with Crippen molar-refractivity contribution in [2.24, 2.45) is 0 Å². The molecule has 0 aliphatic heterocycles. The summed E-state index contributed by atoms with van der Waals surface area (Å²) in [6.45, 7) is 0.324. The molecule has 2 heterocycles. The van der Waals surface area contributed by atoms with Gasteiger partial charge in [0.05, 0.1) is 22.2 Å². The first-order valence-electron chi connectivity index (χ1n) is 9.76. The first-order valence-corrected chi connectivity index (χ1v) is 9.76. The Hall–Kier alpha value is -4.20. The number of rotatable bonds is 7. The van der Waals surface area contributed by atoms with Crippen LogP contribution in [-0.4, -0.2) is 33.7 Å². The fourth-order valence-corrected chi connectivity index (χ4v) is 3.46. The second kappa shape index (κ2) is 8.14. The number of anilines is 3. The molecule has 0 atom stereocenters. The Balaban J connectivity index is 1.66. The number of nitrogen functional groups attached to an aromatic ring is 1. The summed E-state index contributed by atoms with van der Waals surface area (Å²) in [4.78, 5) is 28.1. The zero-order chi connectivity index (χ0) is 23.0. The van der Waals surface area contributed by atoms with Crippen molar-refractivity contribution in [2.75, 3.05) is 29.5 Å². The van der Waals surface area contributed by atoms with E-state index in [1.807, 2.05) is 6.07 Å². The number of nitriles is 1. The van der Waals surface area contributed by atoms with Gasteiger partial charge in [0.1, 0.15) is 23.1 Å². The maximum Gasteiger partial charge on any atom is 0.341 e. The average Bonchev–Trinajstić information content (AvgIpc) is 3.62. The largest absolute Gasteiger partial charge is 0.477 e. The predicted octanol–water partition coefficient (Wildman–Crippen LogP) is 2.69. The Morgan fingerprint density at radius 2 is 2.00 bits per heavy atom. The number of pyridine rings is 2. The minimum absolute atomic E-state index is 0.0847. The zero-order valence-electron chi connectivity index (χ0n) is 16.7. The topological polar surface area (TPSA) is 146 Å². The van der Waals surface area contributed by atoms with Crippen LogP contribution in [0.4, 0.5) is 26.0 Å². The van der Waals surface area contributed by atoms with E-state index in [2.05, 4.69) is 15.6 Å². The lowest BCUT2D eigenvalue weighted by Crippen LogP contribution is -2.22. The quantitative estimate of drug-likeness (QED) is 0.324. The summed E-state index contributed by atoms with van der Waals surface area (Å²) in [5, 5.41) is 23.2. The molecule has 1 aliphatic rings. The smallest absolute Gasteiger partial charge is 0.341 e. The van der Waals surface area contributed by atoms with Gasteiger partial charge in [-0.2, -0.15) is 5.26 Å². The summed E-state index contributed by atoms with van der Waals surface area (Å²) >= 11 is 0. The molecule has 3 aromatic rings. The van der Waals surface area contributed by atoms with Crippen LogP contribution in [0.2, 0.25) is 0 Å². The molecular formula is C21H18F2N6O3. The second-order valence-electron chi connectivity index (χ2n) is 7.35. The lowest BCUT2D eigenvalue weighted by molar-refractivity contribution is 0.0695. The summed E-state index contributed by atoms with van der Waals surface area (Å²) < 4.78 is 31.6. The van der Waals surface area contributed by atoms with Crippen molar-refractivity contribution in [3.05, 3.63) is 57.5 Å². The maximum atomic E-state index is 15.4. The molecule has 0 spiro atoms. The van der Waals surface area contributed by atoms with Gasteiger partial charge in [0.15, 0.2) is 11.6 Å². The number of fused-ring (bicyclic) bond motifs is 1. The van der Waals surface area contributed by atoms with E-state index in [0.717, 1.165) is 6.20 Å². The molecule has 0 unspecified atom stereocenters. The van der Waals surface area contributed by atoms with Gasteiger partial charge in [-0.05, 0) is 25.0 Å². The van der Waals surface area contributed by atoms with E-state index < -0.39 is 45.4 Å². The minimum atomic E-state index is -1.49. The van der Waals surface area contributed by atoms with Gasteiger partial charge in [0.2, 0.25) is 5.43 Å². The molecule has 32 heavy (non-hydrogen) atoms. The van der Waals surface area contributed by atoms with E-state index >= 15 is 4.39 Å². The summed E-state index contributed by atoms with van der Waals surface area (Å²) in [7, 11) is 0. The molecule has 0 saturated heterocycles. The van der Waals surface area contributed by atoms with Crippen molar-refractivity contribution < 1.29 is 18.7 Å². The van der Waals surface area contributed by atoms with Crippen molar-refractivity contribution in [2.45, 2.75) is 18.9 Å². The predicted molar refractivity (Wildman–Crippen MR) is 114 cm³/mol. The van der Waals surface area contributed by atoms with Crippen LogP contribution in [0.25, 0.3) is 10.9 Å². The molecule has 5 N–H and O–H groups in total. The van der Waals surface area contributed by atoms with E-state index in [1.165, 1.54) is 10.8 Å². The molecule has 11 heteroatoms. The molecule has 0 amide bonds. The number of carbonyl (C=O) groups is 1. The number of benzene rings is 1. The number of nitrogens with one attached hydrogen (secondary N) is 2. The van der Waals surface area contributed by atoms with Gasteiger partial charge in [-0.15, -0.1) is 0 Å². The first kappa shape index (κ1) is 21.0. The molecule has 9 nitrogen and oxygen atoms in total. The van der Waals surface area contributed by atoms with E-state index in [1.54, 1.807) is 12.1 Å². The Labute approximate surface area is 180 Å². The molecular weight excluding hydrogens is 422 g/mol. The van der Waals surface area contributed by atoms with Gasteiger partial charge in [-0.1, -0.05) is 0 Å². The number of halogens is 2. The number of aromatic carboxylic acids is 1. The molecule has 0 bridgehead atoms. The molecule has 4 rings (SSSR count). The fraction of sp³-hybridized carbons (Fsp3) is 0.238. The highest BCUT2D eigenvalue weighted by atomic mass is 19.1. The number of carboxylic acid groups (broad SMARTS) is 1. The summed E-state index contributed by atoms with van der Waals surface area (Å²) in [6.07, 6.45) is 3.84. The minimum Gasteiger partial charge on any atom is -0.477 e. The Morgan fingerprint density at radius 3 is 2.59 bits per heavy atom. The van der Waals surface area contributed by atoms with Gasteiger partial charge >= 0.3 is 5.97 Å². The van der Waals surface area contributed by atoms with Crippen LogP contribution in [0.1, 0.15) is 34.8 Å². The van der Waals surface area contributed by atoms with E-state index in [-0.39, 0.29) is 24.6 Å². The molecule has 2 aromatic heterocycles. The molecule has 1 saturated carbocycles. The second-order valence-corrected chi connectivity index (χ2v) is 7.35. The number of aromatic nitrogens is 2. The van der Waals surface area contributed by atoms with Crippen molar-refractivity contribution in [3.63, 3.8) is 0 Å². The first-order chi connectivity index (χ1) is 15.3. The van der Waals surface area contributed by atoms with Crippen molar-refractivity contribution in [1.82, 2.24) is 9.55 Å². The number of nitrogens with zero attached hydrogens (tertiary/aromatic N) is 3. The molecule has 1 aromatic carbocycles. The number of nitrogens with two attached hydrogens (primary N) is 1. The van der Waals surface area contributed by atoms with Gasteiger partial charge in [0, 0.05) is 31.5 Å². The monoisotopic (exact) mass is 440 g/mol. The van der Waals surface area contributed by atoms with E-state index in [0.29, 0.717) is 24.2 Å². The normalized spacial score (nSPS) is 13.0. The van der Waals surface area contributed by atoms with Gasteiger partial charge < -0.3 is 26.0 Å². The number of hydrogen-bond acceptors (Lipinski definition) is 7. The Morgan fingerprint density at radius 1 is 1.28 bits per heavy atom. The van der Waals surface area contributed by atoms with Crippen molar-refractivity contribution in [3.8, 4) is 6.07 Å². The SMILES string of the molecule is N#Cc1ccc(NCCNc2c(F)c(N)c3c(=O)c(C(=O)O)cn(C4CC4)c3c2F)nc1. The Kier molecular flexibility index (Phi) is 5.36. The van der Waals surface area contributed by atoms with Crippen LogP contribution < -0.4 is 21.8 Å². The summed E-state index contributed by atoms with van der Waals surface area (Å²) in [5.74, 6) is -3.18. The van der Waals surface area contributed by atoms with Gasteiger partial charge in [-0.25, -0.2) is 18.6 Å². The third-order valence-electron chi connectivity index (χ3n) is 5.18. The molecule has 1 fully saturated rings. The number of hydrogen-bond donors (Lipinski definition) is 4. The van der Waals surface area contributed by atoms with Crippen LogP contribution in [-0.2, 0) is 0 Å². The lowest BCUT2D eigenvalue weighted by Gasteiger charge is -2.18. The number of carboxylic acids is 1. The summed E-state index contributed by atoms with van der Waals surface area (Å²) in [6, 6.07) is 4.94. The van der Waals surface area contributed by atoms with Gasteiger partial charge in [-0.3, -0.25) is 4.79 Å². The zero-order valence-corrected chi connectivity index (χ0v) is 16.7. The maximum absolute atomic E-state index is 15.4. The van der Waals surface area contributed by atoms with E-state index in [4.69, 9.17) is 11.0 Å². The van der Waals surface area contributed by atoms with Crippen LogP contribution in [0.5, 0.6) is 0 Å². The van der Waals surface area contributed by atoms with Crippen LogP contribution >= 0.6 is 0 Å². The average molecular weight is 440 g/mol. The van der Waals surface area contributed by atoms with Crippen molar-refractivity contribution >= 4 is 34.1 Å². The molecule has 164 valence electrons. The van der Waals surface area contributed by atoms with Crippen LogP contribution in [0.15, 0.2) is 29.3 Å². The highest BCUT2D eigenvalue weighted by Crippen LogP contribution is 2.40. The summed E-state index contributed by atoms with van der Waals surface area (Å²) in [5.41, 5.74) is 3.29. The van der Waals surface area contributed by atoms with Crippen LogP contribution in [0, 0.1) is 23.0 Å². The van der Waals surface area contributed by atoms with Gasteiger partial charge in [0.25, 0.3) is 0 Å². The van der Waals surface area contributed by atoms with Crippen molar-refractivity contribution in [1.29, 1.82) is 5.26 Å². The molecule has 0 radical (unpaired) electrons. The molecule has 1 aliphatic carbocycles. The highest BCUT2D eigenvalue weighted by Gasteiger charge is 2.31. The highest BCUT2D eigenvalue weighted by molar-refractivity contribution is 5.99. The van der Waals surface area contributed by atoms with E-state index in [9.17, 15) is 19.1 Å². The third-order valence-corrected chi connectivity index (χ3v) is 5.18. The fourth-order valence-electron chi connectivity index (χ4n) is 3.46.